The van der Waals surface area contributed by atoms with Crippen LogP contribution >= 0.6 is 0 Å². The first-order chi connectivity index (χ1) is 7.50. The molecule has 0 aromatic carbocycles. The van der Waals surface area contributed by atoms with Gasteiger partial charge in [-0.3, -0.25) is 0 Å². The highest BCUT2D eigenvalue weighted by Crippen LogP contribution is 2.20. The van der Waals surface area contributed by atoms with Gasteiger partial charge in [-0.1, -0.05) is 27.7 Å². The van der Waals surface area contributed by atoms with Gasteiger partial charge in [-0.2, -0.15) is 4.98 Å². The summed E-state index contributed by atoms with van der Waals surface area (Å²) in [4.78, 5) is 8.25. The minimum absolute atomic E-state index is 0.503. The Morgan fingerprint density at radius 1 is 1.25 bits per heavy atom. The van der Waals surface area contributed by atoms with Gasteiger partial charge in [0, 0.05) is 12.7 Å². The number of nitrogen functional groups attached to an aromatic ring is 1. The fourth-order valence-corrected chi connectivity index (χ4v) is 1.91. The molecule has 0 radical (unpaired) electrons. The lowest BCUT2D eigenvalue weighted by Crippen LogP contribution is -2.25. The Morgan fingerprint density at radius 2 is 1.88 bits per heavy atom. The Balaban J connectivity index is 2.55. The minimum atomic E-state index is 0.503. The van der Waals surface area contributed by atoms with Crippen LogP contribution in [0.4, 0.5) is 11.8 Å². The third kappa shape index (κ3) is 3.68. The van der Waals surface area contributed by atoms with E-state index >= 15 is 0 Å². The van der Waals surface area contributed by atoms with Crippen LogP contribution in [-0.2, 0) is 0 Å². The van der Waals surface area contributed by atoms with E-state index in [1.54, 1.807) is 12.3 Å². The number of hydrogen-bond acceptors (Lipinski definition) is 4. The maximum Gasteiger partial charge on any atom is 0.224 e. The van der Waals surface area contributed by atoms with Gasteiger partial charge in [-0.15, -0.1) is 0 Å². The third-order valence-corrected chi connectivity index (χ3v) is 2.89. The van der Waals surface area contributed by atoms with Gasteiger partial charge < -0.3 is 11.1 Å². The number of aromatic nitrogens is 2. The van der Waals surface area contributed by atoms with E-state index in [1.807, 2.05) is 0 Å². The van der Waals surface area contributed by atoms with Gasteiger partial charge in [0.05, 0.1) is 0 Å². The lowest BCUT2D eigenvalue weighted by Gasteiger charge is -2.24. The zero-order chi connectivity index (χ0) is 12.1. The van der Waals surface area contributed by atoms with E-state index in [2.05, 4.69) is 43.0 Å². The molecule has 3 N–H and O–H groups in total. The van der Waals surface area contributed by atoms with Gasteiger partial charge in [-0.25, -0.2) is 4.98 Å². The van der Waals surface area contributed by atoms with E-state index < -0.39 is 0 Å². The largest absolute Gasteiger partial charge is 0.384 e. The molecule has 4 heteroatoms. The average molecular weight is 222 g/mol. The van der Waals surface area contributed by atoms with E-state index in [0.29, 0.717) is 29.5 Å². The molecule has 0 saturated heterocycles. The lowest BCUT2D eigenvalue weighted by molar-refractivity contribution is 0.304. The van der Waals surface area contributed by atoms with Crippen molar-refractivity contribution in [2.75, 3.05) is 17.6 Å². The normalized spacial score (nSPS) is 11.4. The maximum absolute atomic E-state index is 5.59. The first-order valence-corrected chi connectivity index (χ1v) is 5.83. The topological polar surface area (TPSA) is 63.8 Å². The molecule has 0 aliphatic heterocycles. The van der Waals surface area contributed by atoms with E-state index in [0.717, 1.165) is 6.54 Å². The summed E-state index contributed by atoms with van der Waals surface area (Å²) in [5, 5.41) is 3.25. The SMILES string of the molecule is CC(C)C(CNc1nccc(N)n1)C(C)C. The summed E-state index contributed by atoms with van der Waals surface area (Å²) in [5.41, 5.74) is 5.59. The quantitative estimate of drug-likeness (QED) is 0.803. The van der Waals surface area contributed by atoms with Gasteiger partial charge in [0.2, 0.25) is 5.95 Å². The fraction of sp³-hybridized carbons (Fsp3) is 0.667. The van der Waals surface area contributed by atoms with Crippen LogP contribution in [-0.4, -0.2) is 16.5 Å². The average Bonchev–Trinajstić information content (AvgIpc) is 2.16. The number of hydrogen-bond donors (Lipinski definition) is 2. The second kappa shape index (κ2) is 5.68. The van der Waals surface area contributed by atoms with Crippen LogP contribution in [0.15, 0.2) is 12.3 Å². The summed E-state index contributed by atoms with van der Waals surface area (Å²) in [7, 11) is 0. The molecule has 0 fully saturated rings. The number of nitrogens with one attached hydrogen (secondary N) is 1. The predicted molar refractivity (Wildman–Crippen MR) is 68.1 cm³/mol. The third-order valence-electron chi connectivity index (χ3n) is 2.89. The van der Waals surface area contributed by atoms with Crippen LogP contribution in [0.5, 0.6) is 0 Å². The molecule has 1 rings (SSSR count). The van der Waals surface area contributed by atoms with Gasteiger partial charge in [0.15, 0.2) is 0 Å². The van der Waals surface area contributed by atoms with Gasteiger partial charge in [0.25, 0.3) is 0 Å². The van der Waals surface area contributed by atoms with Crippen molar-refractivity contribution in [2.45, 2.75) is 27.7 Å². The zero-order valence-corrected chi connectivity index (χ0v) is 10.6. The van der Waals surface area contributed by atoms with Crippen molar-refractivity contribution in [1.29, 1.82) is 0 Å². The Labute approximate surface area is 97.7 Å². The van der Waals surface area contributed by atoms with Crippen LogP contribution in [0.25, 0.3) is 0 Å². The van der Waals surface area contributed by atoms with Crippen molar-refractivity contribution in [3.05, 3.63) is 12.3 Å². The second-order valence-corrected chi connectivity index (χ2v) is 4.84. The van der Waals surface area contributed by atoms with Crippen molar-refractivity contribution in [3.63, 3.8) is 0 Å². The summed E-state index contributed by atoms with van der Waals surface area (Å²) in [6, 6.07) is 1.69. The van der Waals surface area contributed by atoms with Gasteiger partial charge in [-0.05, 0) is 23.8 Å². The molecular formula is C12H22N4. The molecule has 16 heavy (non-hydrogen) atoms. The molecule has 1 aromatic rings. The zero-order valence-electron chi connectivity index (χ0n) is 10.6. The van der Waals surface area contributed by atoms with Gasteiger partial charge >= 0.3 is 0 Å². The summed E-state index contributed by atoms with van der Waals surface area (Å²) >= 11 is 0. The molecule has 0 bridgehead atoms. The van der Waals surface area contributed by atoms with Crippen LogP contribution < -0.4 is 11.1 Å². The smallest absolute Gasteiger partial charge is 0.224 e. The monoisotopic (exact) mass is 222 g/mol. The second-order valence-electron chi connectivity index (χ2n) is 4.84. The number of nitrogens with two attached hydrogens (primary N) is 1. The van der Waals surface area contributed by atoms with Crippen molar-refractivity contribution in [3.8, 4) is 0 Å². The molecule has 0 atom stereocenters. The van der Waals surface area contributed by atoms with Crippen LogP contribution in [0.1, 0.15) is 27.7 Å². The van der Waals surface area contributed by atoms with E-state index in [4.69, 9.17) is 5.73 Å². The molecule has 0 unspecified atom stereocenters. The Kier molecular flexibility index (Phi) is 4.52. The van der Waals surface area contributed by atoms with Crippen molar-refractivity contribution in [1.82, 2.24) is 9.97 Å². The highest BCUT2D eigenvalue weighted by Gasteiger charge is 2.17. The van der Waals surface area contributed by atoms with E-state index in [1.165, 1.54) is 0 Å². The molecule has 0 aliphatic carbocycles. The van der Waals surface area contributed by atoms with Crippen LogP contribution in [0.2, 0.25) is 0 Å². The van der Waals surface area contributed by atoms with Crippen LogP contribution in [0.3, 0.4) is 0 Å². The van der Waals surface area contributed by atoms with Crippen molar-refractivity contribution in [2.24, 2.45) is 17.8 Å². The fourth-order valence-electron chi connectivity index (χ4n) is 1.91. The number of nitrogens with zero attached hydrogens (tertiary/aromatic N) is 2. The number of rotatable bonds is 5. The Morgan fingerprint density at radius 3 is 2.38 bits per heavy atom. The summed E-state index contributed by atoms with van der Waals surface area (Å²) in [6.07, 6.45) is 1.67. The molecule has 0 saturated carbocycles. The molecule has 4 nitrogen and oxygen atoms in total. The molecule has 1 heterocycles. The Bertz CT molecular complexity index is 315. The molecule has 1 aromatic heterocycles. The highest BCUT2D eigenvalue weighted by molar-refractivity contribution is 5.34. The van der Waals surface area contributed by atoms with Crippen molar-refractivity contribution >= 4 is 11.8 Å². The summed E-state index contributed by atoms with van der Waals surface area (Å²) in [6.45, 7) is 9.86. The number of anilines is 2. The maximum atomic E-state index is 5.59. The Hall–Kier alpha value is -1.32. The van der Waals surface area contributed by atoms with Gasteiger partial charge in [0.1, 0.15) is 5.82 Å². The molecule has 0 spiro atoms. The molecule has 0 amide bonds. The molecular weight excluding hydrogens is 200 g/mol. The minimum Gasteiger partial charge on any atom is -0.384 e. The van der Waals surface area contributed by atoms with E-state index in [-0.39, 0.29) is 0 Å². The van der Waals surface area contributed by atoms with E-state index in [9.17, 15) is 0 Å². The molecule has 0 aliphatic rings. The molecule has 90 valence electrons. The lowest BCUT2D eigenvalue weighted by atomic mass is 9.85. The summed E-state index contributed by atoms with van der Waals surface area (Å²) in [5.74, 6) is 3.03. The predicted octanol–water partition coefficient (Wildman–Crippen LogP) is 2.40. The standard InChI is InChI=1S/C12H22N4/c1-8(2)10(9(3)4)7-15-12-14-6-5-11(13)16-12/h5-6,8-10H,7H2,1-4H3,(H3,13,14,15,16). The first kappa shape index (κ1) is 12.7. The van der Waals surface area contributed by atoms with Crippen LogP contribution in [0, 0.1) is 17.8 Å². The van der Waals surface area contributed by atoms with Crippen molar-refractivity contribution < 1.29 is 0 Å². The first-order valence-electron chi connectivity index (χ1n) is 5.83. The highest BCUT2D eigenvalue weighted by atomic mass is 15.1. The summed E-state index contributed by atoms with van der Waals surface area (Å²) < 4.78 is 0.